The summed E-state index contributed by atoms with van der Waals surface area (Å²) in [6, 6.07) is 4.10. The van der Waals surface area contributed by atoms with E-state index in [-0.39, 0.29) is 0 Å². The first kappa shape index (κ1) is 14.5. The number of anilines is 1. The van der Waals surface area contributed by atoms with Crippen LogP contribution in [-0.4, -0.2) is 27.7 Å². The number of aryl methyl sites for hydroxylation is 2. The van der Waals surface area contributed by atoms with E-state index in [0.29, 0.717) is 0 Å². The molecule has 1 N–H and O–H groups in total. The van der Waals surface area contributed by atoms with E-state index in [9.17, 15) is 0 Å². The number of imidazole rings is 1. The summed E-state index contributed by atoms with van der Waals surface area (Å²) in [6.45, 7) is 7.21. The lowest BCUT2D eigenvalue weighted by molar-refractivity contribution is 0.142. The second-order valence-electron chi connectivity index (χ2n) is 4.66. The van der Waals surface area contributed by atoms with Gasteiger partial charge in [-0.3, -0.25) is 4.98 Å². The van der Waals surface area contributed by atoms with Crippen LogP contribution in [0.5, 0.6) is 0 Å². The Hall–Kier alpha value is -1.88. The summed E-state index contributed by atoms with van der Waals surface area (Å²) in [6.07, 6.45) is 6.69. The summed E-state index contributed by atoms with van der Waals surface area (Å²) in [4.78, 5) is 8.63. The van der Waals surface area contributed by atoms with Gasteiger partial charge in [0.1, 0.15) is 0 Å². The maximum absolute atomic E-state index is 5.35. The lowest BCUT2D eigenvalue weighted by Crippen LogP contribution is -2.09. The fourth-order valence-corrected chi connectivity index (χ4v) is 1.92. The number of hydrogen-bond acceptors (Lipinski definition) is 4. The van der Waals surface area contributed by atoms with E-state index in [1.54, 1.807) is 0 Å². The van der Waals surface area contributed by atoms with Crippen LogP contribution in [0, 0.1) is 6.92 Å². The standard InChI is InChI=1S/C15H22N4O/c1-3-20-10-4-8-19-9-7-16-15(19)18-12-14-6-5-13(2)17-11-14/h5-7,9,11H,3-4,8,10,12H2,1-2H3,(H,16,18). The molecular formula is C15H22N4O. The summed E-state index contributed by atoms with van der Waals surface area (Å²) in [7, 11) is 0. The molecule has 0 bridgehead atoms. The highest BCUT2D eigenvalue weighted by Crippen LogP contribution is 2.08. The van der Waals surface area contributed by atoms with E-state index >= 15 is 0 Å². The molecule has 0 spiro atoms. The SMILES string of the molecule is CCOCCCn1ccnc1NCc1ccc(C)nc1. The van der Waals surface area contributed by atoms with Crippen LogP contribution in [-0.2, 0) is 17.8 Å². The van der Waals surface area contributed by atoms with Crippen molar-refractivity contribution in [1.82, 2.24) is 14.5 Å². The molecule has 0 amide bonds. The van der Waals surface area contributed by atoms with Crippen molar-refractivity contribution >= 4 is 5.95 Å². The Bertz CT molecular complexity index is 507. The van der Waals surface area contributed by atoms with Crippen molar-refractivity contribution in [3.8, 4) is 0 Å². The van der Waals surface area contributed by atoms with Crippen molar-refractivity contribution < 1.29 is 4.74 Å². The summed E-state index contributed by atoms with van der Waals surface area (Å²) >= 11 is 0. The largest absolute Gasteiger partial charge is 0.382 e. The lowest BCUT2D eigenvalue weighted by Gasteiger charge is -2.10. The van der Waals surface area contributed by atoms with Gasteiger partial charge in [0.2, 0.25) is 5.95 Å². The third-order valence-corrected chi connectivity index (χ3v) is 3.03. The number of nitrogens with one attached hydrogen (secondary N) is 1. The molecule has 0 aromatic carbocycles. The minimum atomic E-state index is 0.732. The fraction of sp³-hybridized carbons (Fsp3) is 0.467. The first-order valence-electron chi connectivity index (χ1n) is 7.04. The molecule has 108 valence electrons. The highest BCUT2D eigenvalue weighted by molar-refractivity contribution is 5.28. The monoisotopic (exact) mass is 274 g/mol. The lowest BCUT2D eigenvalue weighted by atomic mass is 10.2. The molecule has 0 radical (unpaired) electrons. The van der Waals surface area contributed by atoms with Crippen molar-refractivity contribution in [2.24, 2.45) is 0 Å². The average molecular weight is 274 g/mol. The van der Waals surface area contributed by atoms with E-state index < -0.39 is 0 Å². The van der Waals surface area contributed by atoms with Crippen LogP contribution >= 0.6 is 0 Å². The highest BCUT2D eigenvalue weighted by atomic mass is 16.5. The molecule has 2 aromatic heterocycles. The quantitative estimate of drug-likeness (QED) is 0.752. The van der Waals surface area contributed by atoms with E-state index in [4.69, 9.17) is 4.74 Å². The number of rotatable bonds is 8. The number of nitrogens with zero attached hydrogens (tertiary/aromatic N) is 3. The molecule has 0 unspecified atom stereocenters. The van der Waals surface area contributed by atoms with Gasteiger partial charge >= 0.3 is 0 Å². The van der Waals surface area contributed by atoms with E-state index in [1.807, 2.05) is 38.5 Å². The Kier molecular flexibility index (Phi) is 5.55. The fourth-order valence-electron chi connectivity index (χ4n) is 1.92. The van der Waals surface area contributed by atoms with Crippen LogP contribution in [0.4, 0.5) is 5.95 Å². The Morgan fingerprint density at radius 3 is 2.95 bits per heavy atom. The minimum absolute atomic E-state index is 0.732. The van der Waals surface area contributed by atoms with Crippen LogP contribution in [0.1, 0.15) is 24.6 Å². The van der Waals surface area contributed by atoms with Crippen LogP contribution in [0.3, 0.4) is 0 Å². The van der Waals surface area contributed by atoms with Crippen molar-refractivity contribution in [1.29, 1.82) is 0 Å². The molecule has 5 heteroatoms. The molecule has 0 atom stereocenters. The number of hydrogen-bond donors (Lipinski definition) is 1. The van der Waals surface area contributed by atoms with Crippen molar-refractivity contribution in [2.45, 2.75) is 33.4 Å². The zero-order chi connectivity index (χ0) is 14.2. The molecule has 0 aliphatic heterocycles. The van der Waals surface area contributed by atoms with Gasteiger partial charge in [-0.1, -0.05) is 6.07 Å². The highest BCUT2D eigenvalue weighted by Gasteiger charge is 2.02. The second-order valence-corrected chi connectivity index (χ2v) is 4.66. The molecule has 0 aliphatic carbocycles. The third-order valence-electron chi connectivity index (χ3n) is 3.03. The van der Waals surface area contributed by atoms with Gasteiger partial charge in [-0.05, 0) is 31.9 Å². The van der Waals surface area contributed by atoms with Gasteiger partial charge in [-0.15, -0.1) is 0 Å². The Balaban J connectivity index is 1.83. The Morgan fingerprint density at radius 2 is 2.20 bits per heavy atom. The Labute approximate surface area is 120 Å². The van der Waals surface area contributed by atoms with E-state index in [0.717, 1.165) is 49.9 Å². The molecule has 0 saturated carbocycles. The zero-order valence-electron chi connectivity index (χ0n) is 12.2. The van der Waals surface area contributed by atoms with Crippen molar-refractivity contribution in [2.75, 3.05) is 18.5 Å². The van der Waals surface area contributed by atoms with Gasteiger partial charge < -0.3 is 14.6 Å². The molecule has 0 aliphatic rings. The average Bonchev–Trinajstić information content (AvgIpc) is 2.90. The van der Waals surface area contributed by atoms with E-state index in [2.05, 4.69) is 25.9 Å². The van der Waals surface area contributed by atoms with E-state index in [1.165, 1.54) is 0 Å². The maximum Gasteiger partial charge on any atom is 0.203 e. The number of aromatic nitrogens is 3. The predicted octanol–water partition coefficient (Wildman–Crippen LogP) is 2.63. The first-order valence-corrected chi connectivity index (χ1v) is 7.04. The van der Waals surface area contributed by atoms with Crippen LogP contribution in [0.25, 0.3) is 0 Å². The van der Waals surface area contributed by atoms with Gasteiger partial charge in [-0.25, -0.2) is 4.98 Å². The second kappa shape index (κ2) is 7.65. The number of ether oxygens (including phenoxy) is 1. The number of pyridine rings is 1. The van der Waals surface area contributed by atoms with Crippen LogP contribution < -0.4 is 5.32 Å². The van der Waals surface area contributed by atoms with Gasteiger partial charge in [0.25, 0.3) is 0 Å². The summed E-state index contributed by atoms with van der Waals surface area (Å²) in [5.41, 5.74) is 2.19. The van der Waals surface area contributed by atoms with Crippen molar-refractivity contribution in [3.63, 3.8) is 0 Å². The topological polar surface area (TPSA) is 52.0 Å². The smallest absolute Gasteiger partial charge is 0.203 e. The Morgan fingerprint density at radius 1 is 1.30 bits per heavy atom. The molecule has 2 aromatic rings. The maximum atomic E-state index is 5.35. The molecule has 2 heterocycles. The molecule has 5 nitrogen and oxygen atoms in total. The van der Waals surface area contributed by atoms with Crippen LogP contribution in [0.15, 0.2) is 30.7 Å². The molecule has 20 heavy (non-hydrogen) atoms. The third kappa shape index (κ3) is 4.35. The van der Waals surface area contributed by atoms with Gasteiger partial charge in [0.05, 0.1) is 0 Å². The zero-order valence-corrected chi connectivity index (χ0v) is 12.2. The summed E-state index contributed by atoms with van der Waals surface area (Å²) < 4.78 is 7.46. The van der Waals surface area contributed by atoms with Gasteiger partial charge in [-0.2, -0.15) is 0 Å². The molecule has 0 saturated heterocycles. The summed E-state index contributed by atoms with van der Waals surface area (Å²) in [5.74, 6) is 0.891. The van der Waals surface area contributed by atoms with Gasteiger partial charge in [0.15, 0.2) is 0 Å². The van der Waals surface area contributed by atoms with Gasteiger partial charge in [0, 0.05) is 50.6 Å². The van der Waals surface area contributed by atoms with Crippen molar-refractivity contribution in [3.05, 3.63) is 42.0 Å². The normalized spacial score (nSPS) is 10.7. The minimum Gasteiger partial charge on any atom is -0.382 e. The molecule has 0 fully saturated rings. The predicted molar refractivity (Wildman–Crippen MR) is 79.6 cm³/mol. The summed E-state index contributed by atoms with van der Waals surface area (Å²) in [5, 5.41) is 3.34. The van der Waals surface area contributed by atoms with Crippen LogP contribution in [0.2, 0.25) is 0 Å². The molecule has 2 rings (SSSR count). The molecular weight excluding hydrogens is 252 g/mol. The first-order chi connectivity index (χ1) is 9.79.